The van der Waals surface area contributed by atoms with Crippen LogP contribution in [0.2, 0.25) is 0 Å². The Kier molecular flexibility index (Phi) is 3.89. The Morgan fingerprint density at radius 2 is 2.10 bits per heavy atom. The zero-order valence-electron chi connectivity index (χ0n) is 11.3. The van der Waals surface area contributed by atoms with Crippen molar-refractivity contribution in [3.8, 4) is 0 Å². The zero-order chi connectivity index (χ0) is 15.9. The van der Waals surface area contributed by atoms with Gasteiger partial charge in [0.25, 0.3) is 0 Å². The highest BCUT2D eigenvalue weighted by molar-refractivity contribution is 7.93. The fourth-order valence-corrected chi connectivity index (χ4v) is 3.29. The van der Waals surface area contributed by atoms with E-state index < -0.39 is 49.8 Å². The predicted octanol–water partition coefficient (Wildman–Crippen LogP) is 2.02. The molecule has 0 amide bonds. The van der Waals surface area contributed by atoms with Gasteiger partial charge in [0.05, 0.1) is 10.5 Å². The number of benzene rings is 1. The number of nitro groups is 1. The van der Waals surface area contributed by atoms with E-state index in [1.165, 1.54) is 0 Å². The van der Waals surface area contributed by atoms with Crippen molar-refractivity contribution in [2.24, 2.45) is 0 Å². The zero-order valence-corrected chi connectivity index (χ0v) is 12.1. The first-order valence-corrected chi connectivity index (χ1v) is 7.34. The smallest absolute Gasteiger partial charge is 0.305 e. The fourth-order valence-electron chi connectivity index (χ4n) is 2.04. The quantitative estimate of drug-likeness (QED) is 0.495. The number of rotatable bonds is 2. The van der Waals surface area contributed by atoms with E-state index in [4.69, 9.17) is 5.41 Å². The third kappa shape index (κ3) is 2.58. The van der Waals surface area contributed by atoms with E-state index in [1.807, 2.05) is 0 Å². The first-order valence-electron chi connectivity index (χ1n) is 6.02. The topological polar surface area (TPSA) is 102 Å². The Hall–Kier alpha value is -1.74. The van der Waals surface area contributed by atoms with Crippen LogP contribution in [0.25, 0.3) is 0 Å². The molecule has 0 saturated carbocycles. The lowest BCUT2D eigenvalue weighted by Crippen LogP contribution is -2.56. The van der Waals surface area contributed by atoms with Gasteiger partial charge < -0.3 is 9.87 Å². The SMILES string of the molecule is CC1(C)C(=N)NC(c2c(F)ccc([N+](=O)[O-])c2F)C[S+]1[O-]. The van der Waals surface area contributed by atoms with Crippen molar-refractivity contribution in [1.29, 1.82) is 5.41 Å². The largest absolute Gasteiger partial charge is 0.616 e. The summed E-state index contributed by atoms with van der Waals surface area (Å²) in [5.74, 6) is -2.53. The Morgan fingerprint density at radius 1 is 1.48 bits per heavy atom. The van der Waals surface area contributed by atoms with Crippen LogP contribution in [-0.4, -0.2) is 25.8 Å². The van der Waals surface area contributed by atoms with E-state index in [1.54, 1.807) is 13.8 Å². The van der Waals surface area contributed by atoms with Crippen LogP contribution < -0.4 is 5.32 Å². The molecule has 0 radical (unpaired) electrons. The molecule has 2 rings (SSSR count). The van der Waals surface area contributed by atoms with Gasteiger partial charge in [0.1, 0.15) is 17.6 Å². The molecule has 1 heterocycles. The minimum atomic E-state index is -1.54. The number of nitrogens with zero attached hydrogens (tertiary/aromatic N) is 1. The molecule has 0 aromatic heterocycles. The van der Waals surface area contributed by atoms with Crippen molar-refractivity contribution in [3.05, 3.63) is 39.4 Å². The maximum absolute atomic E-state index is 14.1. The van der Waals surface area contributed by atoms with E-state index in [9.17, 15) is 23.4 Å². The molecule has 1 aromatic carbocycles. The van der Waals surface area contributed by atoms with Crippen molar-refractivity contribution in [1.82, 2.24) is 5.32 Å². The van der Waals surface area contributed by atoms with Gasteiger partial charge in [-0.25, -0.2) is 4.39 Å². The Balaban J connectivity index is 2.46. The van der Waals surface area contributed by atoms with Gasteiger partial charge in [0, 0.05) is 6.07 Å². The van der Waals surface area contributed by atoms with Crippen LogP contribution in [0, 0.1) is 27.2 Å². The molecule has 1 aliphatic heterocycles. The monoisotopic (exact) mass is 317 g/mol. The predicted molar refractivity (Wildman–Crippen MR) is 73.7 cm³/mol. The lowest BCUT2D eigenvalue weighted by Gasteiger charge is -2.38. The molecule has 2 unspecified atom stereocenters. The molecule has 0 aliphatic carbocycles. The fraction of sp³-hybridized carbons (Fsp3) is 0.417. The number of nitro benzene ring substituents is 1. The summed E-state index contributed by atoms with van der Waals surface area (Å²) in [7, 11) is 0. The third-order valence-corrected chi connectivity index (χ3v) is 5.44. The van der Waals surface area contributed by atoms with Crippen LogP contribution >= 0.6 is 0 Å². The van der Waals surface area contributed by atoms with Gasteiger partial charge in [-0.1, -0.05) is 0 Å². The van der Waals surface area contributed by atoms with E-state index in [0.29, 0.717) is 0 Å². The summed E-state index contributed by atoms with van der Waals surface area (Å²) >= 11 is -1.54. The summed E-state index contributed by atoms with van der Waals surface area (Å²) in [6.45, 7) is 3.16. The highest BCUT2D eigenvalue weighted by atomic mass is 32.2. The van der Waals surface area contributed by atoms with Crippen molar-refractivity contribution >= 4 is 22.7 Å². The van der Waals surface area contributed by atoms with E-state index in [-0.39, 0.29) is 11.6 Å². The molecule has 2 N–H and O–H groups in total. The molecule has 21 heavy (non-hydrogen) atoms. The first kappa shape index (κ1) is 15.6. The first-order chi connectivity index (χ1) is 9.66. The molecule has 1 aromatic rings. The average Bonchev–Trinajstić information content (AvgIpc) is 2.36. The van der Waals surface area contributed by atoms with Gasteiger partial charge in [-0.15, -0.1) is 0 Å². The third-order valence-electron chi connectivity index (χ3n) is 3.46. The molecular weight excluding hydrogens is 304 g/mol. The number of nitrogens with one attached hydrogen (secondary N) is 2. The number of hydrogen-bond donors (Lipinski definition) is 2. The van der Waals surface area contributed by atoms with Crippen molar-refractivity contribution in [2.45, 2.75) is 24.6 Å². The summed E-state index contributed by atoms with van der Waals surface area (Å²) in [4.78, 5) is 9.77. The van der Waals surface area contributed by atoms with Crippen LogP contribution in [-0.2, 0) is 11.2 Å². The highest BCUT2D eigenvalue weighted by Gasteiger charge is 2.46. The second-order valence-corrected chi connectivity index (χ2v) is 7.19. The molecule has 1 fully saturated rings. The molecule has 9 heteroatoms. The Morgan fingerprint density at radius 3 is 2.62 bits per heavy atom. The van der Waals surface area contributed by atoms with Crippen molar-refractivity contribution < 1.29 is 18.3 Å². The molecule has 1 saturated heterocycles. The second-order valence-electron chi connectivity index (χ2n) is 5.15. The molecule has 1 aliphatic rings. The van der Waals surface area contributed by atoms with Gasteiger partial charge >= 0.3 is 5.69 Å². The summed E-state index contributed by atoms with van der Waals surface area (Å²) in [5, 5.41) is 21.1. The van der Waals surface area contributed by atoms with Gasteiger partial charge in [0.2, 0.25) is 5.82 Å². The lowest BCUT2D eigenvalue weighted by atomic mass is 10.0. The van der Waals surface area contributed by atoms with Gasteiger partial charge in [-0.05, 0) is 31.1 Å². The maximum atomic E-state index is 14.1. The van der Waals surface area contributed by atoms with Crippen LogP contribution in [0.1, 0.15) is 25.5 Å². The average molecular weight is 317 g/mol. The maximum Gasteiger partial charge on any atom is 0.305 e. The minimum Gasteiger partial charge on any atom is -0.616 e. The number of amidine groups is 1. The van der Waals surface area contributed by atoms with Crippen LogP contribution in [0.5, 0.6) is 0 Å². The van der Waals surface area contributed by atoms with E-state index in [2.05, 4.69) is 5.32 Å². The van der Waals surface area contributed by atoms with Crippen LogP contribution in [0.3, 0.4) is 0 Å². The van der Waals surface area contributed by atoms with Crippen LogP contribution in [0.15, 0.2) is 12.1 Å². The van der Waals surface area contributed by atoms with Crippen molar-refractivity contribution in [3.63, 3.8) is 0 Å². The Bertz CT molecular complexity index is 624. The molecule has 6 nitrogen and oxygen atoms in total. The summed E-state index contributed by atoms with van der Waals surface area (Å²) in [6, 6.07) is 0.458. The standard InChI is InChI=1S/C12H13F2N3O3S/c1-12(2)11(15)16-7(5-21(12)20)9-6(13)3-4-8(10(9)14)17(18)19/h3-4,7H,5H2,1-2H3,(H2,15,16). The van der Waals surface area contributed by atoms with Gasteiger partial charge in [0.15, 0.2) is 10.6 Å². The lowest BCUT2D eigenvalue weighted by molar-refractivity contribution is -0.387. The molecule has 114 valence electrons. The Labute approximate surface area is 122 Å². The summed E-state index contributed by atoms with van der Waals surface area (Å²) in [6.07, 6.45) is 0. The van der Waals surface area contributed by atoms with Crippen LogP contribution in [0.4, 0.5) is 14.5 Å². The molecule has 2 atom stereocenters. The van der Waals surface area contributed by atoms with E-state index >= 15 is 0 Å². The summed E-state index contributed by atoms with van der Waals surface area (Å²) in [5.41, 5.74) is -1.41. The molecule has 0 bridgehead atoms. The molecular formula is C12H13F2N3O3S. The number of hydrogen-bond acceptors (Lipinski definition) is 4. The highest BCUT2D eigenvalue weighted by Crippen LogP contribution is 2.34. The van der Waals surface area contributed by atoms with E-state index in [0.717, 1.165) is 12.1 Å². The minimum absolute atomic E-state index is 0.123. The van der Waals surface area contributed by atoms with Crippen molar-refractivity contribution in [2.75, 3.05) is 5.75 Å². The normalized spacial score (nSPS) is 24.5. The summed E-state index contributed by atoms with van der Waals surface area (Å²) < 4.78 is 39.1. The van der Waals surface area contributed by atoms with Gasteiger partial charge in [-0.2, -0.15) is 4.39 Å². The number of halogens is 2. The van der Waals surface area contributed by atoms with Gasteiger partial charge in [-0.3, -0.25) is 15.5 Å². The second kappa shape index (κ2) is 5.23. The molecule has 0 spiro atoms.